The normalized spacial score (nSPS) is 17.0. The van der Waals surface area contributed by atoms with Crippen molar-refractivity contribution < 1.29 is 19.4 Å². The summed E-state index contributed by atoms with van der Waals surface area (Å²) in [6, 6.07) is 6.36. The van der Waals surface area contributed by atoms with Gasteiger partial charge in [-0.15, -0.1) is 5.10 Å². The van der Waals surface area contributed by atoms with Crippen molar-refractivity contribution in [1.82, 2.24) is 30.3 Å². The first-order valence-electron chi connectivity index (χ1n) is 10.1. The molecule has 5 N–H and O–H groups in total. The average Bonchev–Trinajstić information content (AvgIpc) is 3.33. The Labute approximate surface area is 194 Å². The number of ether oxygens (including phenoxy) is 2. The first-order chi connectivity index (χ1) is 15.9. The highest BCUT2D eigenvalue weighted by atomic mass is 35.5. The Hall–Kier alpha value is -3.38. The molecule has 11 nitrogen and oxygen atoms in total. The molecule has 0 saturated carbocycles. The fourth-order valence-corrected chi connectivity index (χ4v) is 3.96. The third-order valence-electron chi connectivity index (χ3n) is 5.15. The number of halogens is 1. The number of carbonyl (C=O) groups excluding carboxylic acids is 1. The number of β-amino-alcohol motifs (C(OH)–C–C–N with tert-alkyl or cyclic N) is 1. The van der Waals surface area contributed by atoms with E-state index in [9.17, 15) is 9.90 Å². The van der Waals surface area contributed by atoms with E-state index in [0.29, 0.717) is 27.7 Å². The maximum atomic E-state index is 13.2. The third kappa shape index (κ3) is 4.57. The highest BCUT2D eigenvalue weighted by molar-refractivity contribution is 6.30. The second-order valence-electron chi connectivity index (χ2n) is 7.38. The van der Waals surface area contributed by atoms with E-state index < -0.39 is 18.1 Å². The number of aliphatic hydroxyl groups excluding tert-OH is 1. The number of fused-ring (bicyclic) bond motifs is 1. The number of aliphatic hydroxyl groups is 1. The Kier molecular flexibility index (Phi) is 6.65. The van der Waals surface area contributed by atoms with Gasteiger partial charge < -0.3 is 31.1 Å². The summed E-state index contributed by atoms with van der Waals surface area (Å²) in [6.07, 6.45) is 4.07. The van der Waals surface area contributed by atoms with E-state index >= 15 is 0 Å². The number of hydrogen-bond donors (Lipinski definition) is 4. The first-order valence-corrected chi connectivity index (χ1v) is 10.4. The molecule has 3 aromatic rings. The molecule has 12 heteroatoms. The second-order valence-corrected chi connectivity index (χ2v) is 7.82. The highest BCUT2D eigenvalue weighted by Crippen LogP contribution is 2.37. The molecule has 0 bridgehead atoms. The molecule has 2 atom stereocenters. The van der Waals surface area contributed by atoms with E-state index in [-0.39, 0.29) is 24.5 Å². The van der Waals surface area contributed by atoms with Gasteiger partial charge in [-0.25, -0.2) is 14.5 Å². The zero-order chi connectivity index (χ0) is 23.5. The lowest BCUT2D eigenvalue weighted by molar-refractivity contribution is 0.0230. The molecule has 1 aliphatic heterocycles. The molecule has 1 aliphatic rings. The molecule has 0 radical (unpaired) electrons. The summed E-state index contributed by atoms with van der Waals surface area (Å²) in [5.41, 5.74) is 10.8. The Balaban J connectivity index is 1.68. The van der Waals surface area contributed by atoms with Gasteiger partial charge >= 0.3 is 0 Å². The minimum absolute atomic E-state index is 0.0574. The SMILES string of the molecule is COCC(O)CN1NC=C(NC(=O)c2c(N)nn3cccnc23)[C@@H]1c1cc(Cl)ccc1OC. The number of rotatable bonds is 8. The number of nitrogens with one attached hydrogen (secondary N) is 2. The highest BCUT2D eigenvalue weighted by Gasteiger charge is 2.34. The van der Waals surface area contributed by atoms with Crippen LogP contribution in [0.5, 0.6) is 5.75 Å². The largest absolute Gasteiger partial charge is 0.496 e. The van der Waals surface area contributed by atoms with E-state index in [1.807, 2.05) is 0 Å². The predicted molar refractivity (Wildman–Crippen MR) is 121 cm³/mol. The molecule has 1 amide bonds. The number of nitrogen functional groups attached to an aromatic ring is 1. The Morgan fingerprint density at radius 1 is 1.42 bits per heavy atom. The fraction of sp³-hybridized carbons (Fsp3) is 0.286. The molecule has 1 aromatic carbocycles. The summed E-state index contributed by atoms with van der Waals surface area (Å²) < 4.78 is 12.0. The molecule has 0 aliphatic carbocycles. The molecule has 0 spiro atoms. The number of benzene rings is 1. The van der Waals surface area contributed by atoms with Crippen LogP contribution < -0.4 is 21.2 Å². The van der Waals surface area contributed by atoms with Gasteiger partial charge in [-0.2, -0.15) is 0 Å². The van der Waals surface area contributed by atoms with Gasteiger partial charge in [0.05, 0.1) is 31.6 Å². The van der Waals surface area contributed by atoms with Crippen molar-refractivity contribution in [3.63, 3.8) is 0 Å². The number of carbonyl (C=O) groups is 1. The van der Waals surface area contributed by atoms with Crippen LogP contribution in [0.15, 0.2) is 48.6 Å². The molecule has 0 saturated heterocycles. The molecule has 2 aromatic heterocycles. The summed E-state index contributed by atoms with van der Waals surface area (Å²) >= 11 is 6.27. The van der Waals surface area contributed by atoms with E-state index in [0.717, 1.165) is 0 Å². The lowest BCUT2D eigenvalue weighted by Gasteiger charge is -2.29. The van der Waals surface area contributed by atoms with Gasteiger partial charge in [0.1, 0.15) is 11.3 Å². The van der Waals surface area contributed by atoms with Gasteiger partial charge in [0.15, 0.2) is 11.5 Å². The van der Waals surface area contributed by atoms with Crippen molar-refractivity contribution >= 4 is 29.0 Å². The smallest absolute Gasteiger partial charge is 0.263 e. The molecule has 174 valence electrons. The molecular formula is C21H24ClN7O4. The monoisotopic (exact) mass is 473 g/mol. The van der Waals surface area contributed by atoms with Gasteiger partial charge in [0.25, 0.3) is 5.91 Å². The first kappa shape index (κ1) is 22.8. The van der Waals surface area contributed by atoms with Crippen molar-refractivity contribution in [3.8, 4) is 5.75 Å². The topological polar surface area (TPSA) is 139 Å². The van der Waals surface area contributed by atoms with Crippen LogP contribution in [-0.2, 0) is 4.74 Å². The zero-order valence-electron chi connectivity index (χ0n) is 18.0. The summed E-state index contributed by atoms with van der Waals surface area (Å²) in [5, 5.41) is 19.6. The zero-order valence-corrected chi connectivity index (χ0v) is 18.8. The minimum atomic E-state index is -0.780. The van der Waals surface area contributed by atoms with Crippen LogP contribution in [0.3, 0.4) is 0 Å². The number of amides is 1. The van der Waals surface area contributed by atoms with Crippen molar-refractivity contribution in [2.24, 2.45) is 0 Å². The quantitative estimate of drug-likeness (QED) is 0.379. The van der Waals surface area contributed by atoms with Gasteiger partial charge in [-0.1, -0.05) is 11.6 Å². The lowest BCUT2D eigenvalue weighted by atomic mass is 10.0. The number of aromatic nitrogens is 3. The van der Waals surface area contributed by atoms with Crippen molar-refractivity contribution in [2.45, 2.75) is 12.1 Å². The summed E-state index contributed by atoms with van der Waals surface area (Å²) in [5.74, 6) is 0.151. The minimum Gasteiger partial charge on any atom is -0.496 e. The molecular weight excluding hydrogens is 450 g/mol. The maximum absolute atomic E-state index is 13.2. The summed E-state index contributed by atoms with van der Waals surface area (Å²) in [6.45, 7) is 0.342. The van der Waals surface area contributed by atoms with E-state index in [4.69, 9.17) is 26.8 Å². The van der Waals surface area contributed by atoms with Gasteiger partial charge in [-0.3, -0.25) is 4.79 Å². The number of nitrogens with two attached hydrogens (primary N) is 1. The maximum Gasteiger partial charge on any atom is 0.263 e. The number of hydrazine groups is 1. The van der Waals surface area contributed by atoms with Crippen LogP contribution in [0.1, 0.15) is 22.0 Å². The van der Waals surface area contributed by atoms with E-state index in [2.05, 4.69) is 20.8 Å². The number of hydrogen-bond acceptors (Lipinski definition) is 9. The summed E-state index contributed by atoms with van der Waals surface area (Å²) in [4.78, 5) is 17.4. The van der Waals surface area contributed by atoms with Crippen LogP contribution in [0.25, 0.3) is 5.65 Å². The van der Waals surface area contributed by atoms with Crippen LogP contribution >= 0.6 is 11.6 Å². The standard InChI is InChI=1S/C21H24ClN7O4/c1-32-11-13(30)10-29-18(14-8-12(22)4-5-16(14)33-2)15(9-25-29)26-21(31)17-19(23)27-28-7-3-6-24-20(17)28/h3-9,13,18,25,30H,10-11H2,1-2H3,(H2,23,27)(H,26,31)/t13?,18-/m0/s1. The predicted octanol–water partition coefficient (Wildman–Crippen LogP) is 1.11. The molecule has 4 rings (SSSR count). The second kappa shape index (κ2) is 9.63. The van der Waals surface area contributed by atoms with Crippen molar-refractivity contribution in [2.75, 3.05) is 33.1 Å². The van der Waals surface area contributed by atoms with Crippen LogP contribution in [-0.4, -0.2) is 64.1 Å². The number of nitrogens with zero attached hydrogens (tertiary/aromatic N) is 4. The van der Waals surface area contributed by atoms with Gasteiger partial charge in [0.2, 0.25) is 0 Å². The van der Waals surface area contributed by atoms with Crippen LogP contribution in [0.2, 0.25) is 5.02 Å². The average molecular weight is 474 g/mol. The lowest BCUT2D eigenvalue weighted by Crippen LogP contribution is -2.42. The Morgan fingerprint density at radius 3 is 3.00 bits per heavy atom. The van der Waals surface area contributed by atoms with E-state index in [1.165, 1.54) is 11.6 Å². The van der Waals surface area contributed by atoms with E-state index in [1.54, 1.807) is 55.0 Å². The number of methoxy groups -OCH3 is 2. The van der Waals surface area contributed by atoms with Crippen molar-refractivity contribution in [3.05, 3.63) is 64.7 Å². The van der Waals surface area contributed by atoms with Crippen LogP contribution in [0.4, 0.5) is 5.82 Å². The van der Waals surface area contributed by atoms with Crippen molar-refractivity contribution in [1.29, 1.82) is 0 Å². The summed E-state index contributed by atoms with van der Waals surface area (Å²) in [7, 11) is 3.06. The fourth-order valence-electron chi connectivity index (χ4n) is 3.78. The van der Waals surface area contributed by atoms with Gasteiger partial charge in [0, 0.05) is 42.8 Å². The molecule has 1 unspecified atom stereocenters. The molecule has 33 heavy (non-hydrogen) atoms. The van der Waals surface area contributed by atoms with Gasteiger partial charge in [-0.05, 0) is 24.3 Å². The third-order valence-corrected chi connectivity index (χ3v) is 5.39. The molecule has 3 heterocycles. The number of anilines is 1. The molecule has 0 fully saturated rings. The Bertz CT molecular complexity index is 1200. The Morgan fingerprint density at radius 2 is 2.24 bits per heavy atom. The van der Waals surface area contributed by atoms with Crippen LogP contribution in [0, 0.1) is 0 Å².